The lowest BCUT2D eigenvalue weighted by atomic mass is 10.1. The fourth-order valence-electron chi connectivity index (χ4n) is 3.48. The van der Waals surface area contributed by atoms with Crippen molar-refractivity contribution in [1.29, 1.82) is 0 Å². The Bertz CT molecular complexity index is 924. The molecule has 2 aromatic carbocycles. The van der Waals surface area contributed by atoms with Gasteiger partial charge in [-0.1, -0.05) is 30.7 Å². The van der Waals surface area contributed by atoms with Gasteiger partial charge in [-0.05, 0) is 49.2 Å². The van der Waals surface area contributed by atoms with Crippen LogP contribution in [0.25, 0.3) is 0 Å². The molecule has 2 amide bonds. The largest absolute Gasteiger partial charge is 0.483 e. The van der Waals surface area contributed by atoms with E-state index in [4.69, 9.17) is 16.3 Å². The predicted molar refractivity (Wildman–Crippen MR) is 121 cm³/mol. The molecule has 160 valence electrons. The molecule has 0 spiro atoms. The molecule has 3 rings (SSSR count). The SMILES string of the molecule is CCC(=O)N1CCN(c2ccc(NC(=O)COc3cccc(C)c3C)cc2Cl)CC1. The highest BCUT2D eigenvalue weighted by Gasteiger charge is 2.21. The number of carbonyl (C=O) groups is 2. The van der Waals surface area contributed by atoms with Gasteiger partial charge in [-0.25, -0.2) is 0 Å². The number of hydrogen-bond donors (Lipinski definition) is 1. The number of piperazine rings is 1. The zero-order valence-corrected chi connectivity index (χ0v) is 18.5. The van der Waals surface area contributed by atoms with Gasteiger partial charge in [-0.15, -0.1) is 0 Å². The number of rotatable bonds is 6. The maximum atomic E-state index is 12.3. The van der Waals surface area contributed by atoms with Crippen molar-refractivity contribution in [2.75, 3.05) is 43.0 Å². The highest BCUT2D eigenvalue weighted by Crippen LogP contribution is 2.30. The molecule has 2 aromatic rings. The second-order valence-electron chi connectivity index (χ2n) is 7.42. The van der Waals surface area contributed by atoms with Crippen molar-refractivity contribution < 1.29 is 14.3 Å². The van der Waals surface area contributed by atoms with Crippen LogP contribution in [0.1, 0.15) is 24.5 Å². The third kappa shape index (κ3) is 5.25. The predicted octanol–water partition coefficient (Wildman–Crippen LogP) is 4.03. The Morgan fingerprint density at radius 2 is 1.83 bits per heavy atom. The van der Waals surface area contributed by atoms with Crippen LogP contribution in [0.15, 0.2) is 36.4 Å². The van der Waals surface area contributed by atoms with Gasteiger partial charge in [0, 0.05) is 38.3 Å². The highest BCUT2D eigenvalue weighted by molar-refractivity contribution is 6.33. The van der Waals surface area contributed by atoms with Crippen LogP contribution in [0.4, 0.5) is 11.4 Å². The summed E-state index contributed by atoms with van der Waals surface area (Å²) in [5.41, 5.74) is 3.68. The topological polar surface area (TPSA) is 61.9 Å². The number of hydrogen-bond acceptors (Lipinski definition) is 4. The van der Waals surface area contributed by atoms with Crippen molar-refractivity contribution in [2.24, 2.45) is 0 Å². The lowest BCUT2D eigenvalue weighted by Gasteiger charge is -2.36. The van der Waals surface area contributed by atoms with E-state index in [1.165, 1.54) is 0 Å². The molecule has 0 atom stereocenters. The normalized spacial score (nSPS) is 13.9. The number of aryl methyl sites for hydroxylation is 1. The quantitative estimate of drug-likeness (QED) is 0.753. The second-order valence-corrected chi connectivity index (χ2v) is 7.83. The van der Waals surface area contributed by atoms with Gasteiger partial charge in [0.2, 0.25) is 5.91 Å². The van der Waals surface area contributed by atoms with Gasteiger partial charge in [0.15, 0.2) is 6.61 Å². The van der Waals surface area contributed by atoms with Crippen LogP contribution in [-0.2, 0) is 9.59 Å². The number of amides is 2. The van der Waals surface area contributed by atoms with E-state index in [9.17, 15) is 9.59 Å². The Morgan fingerprint density at radius 1 is 1.10 bits per heavy atom. The molecule has 0 aliphatic carbocycles. The Morgan fingerprint density at radius 3 is 2.50 bits per heavy atom. The monoisotopic (exact) mass is 429 g/mol. The number of benzene rings is 2. The van der Waals surface area contributed by atoms with Crippen LogP contribution in [0.2, 0.25) is 5.02 Å². The molecule has 0 aromatic heterocycles. The van der Waals surface area contributed by atoms with Crippen molar-refractivity contribution in [3.63, 3.8) is 0 Å². The third-order valence-corrected chi connectivity index (χ3v) is 5.72. The first-order valence-electron chi connectivity index (χ1n) is 10.2. The van der Waals surface area contributed by atoms with Crippen molar-refractivity contribution in [3.8, 4) is 5.75 Å². The number of halogens is 1. The molecule has 30 heavy (non-hydrogen) atoms. The Labute approximate surface area is 182 Å². The van der Waals surface area contributed by atoms with Crippen LogP contribution in [0, 0.1) is 13.8 Å². The Kier molecular flexibility index (Phi) is 7.21. The summed E-state index contributed by atoms with van der Waals surface area (Å²) in [4.78, 5) is 28.2. The van der Waals surface area contributed by atoms with Crippen LogP contribution in [0.5, 0.6) is 5.75 Å². The minimum Gasteiger partial charge on any atom is -0.483 e. The first-order valence-corrected chi connectivity index (χ1v) is 10.6. The van der Waals surface area contributed by atoms with E-state index < -0.39 is 0 Å². The molecule has 6 nitrogen and oxygen atoms in total. The molecule has 7 heteroatoms. The Balaban J connectivity index is 1.55. The summed E-state index contributed by atoms with van der Waals surface area (Å²) >= 11 is 6.48. The van der Waals surface area contributed by atoms with E-state index in [1.807, 2.05) is 56.0 Å². The summed E-state index contributed by atoms with van der Waals surface area (Å²) < 4.78 is 5.65. The second kappa shape index (κ2) is 9.85. The van der Waals surface area contributed by atoms with E-state index in [2.05, 4.69) is 10.2 Å². The molecule has 0 bridgehead atoms. The smallest absolute Gasteiger partial charge is 0.262 e. The number of carbonyl (C=O) groups excluding carboxylic acids is 2. The van der Waals surface area contributed by atoms with Crippen LogP contribution in [-0.4, -0.2) is 49.5 Å². The zero-order valence-electron chi connectivity index (χ0n) is 17.7. The van der Waals surface area contributed by atoms with Crippen LogP contribution in [0.3, 0.4) is 0 Å². The van der Waals surface area contributed by atoms with Gasteiger partial charge in [-0.2, -0.15) is 0 Å². The summed E-state index contributed by atoms with van der Waals surface area (Å²) in [6.07, 6.45) is 0.530. The number of nitrogens with zero attached hydrogens (tertiary/aromatic N) is 2. The van der Waals surface area contributed by atoms with E-state index >= 15 is 0 Å². The lowest BCUT2D eigenvalue weighted by molar-refractivity contribution is -0.131. The molecule has 0 radical (unpaired) electrons. The number of anilines is 2. The maximum Gasteiger partial charge on any atom is 0.262 e. The van der Waals surface area contributed by atoms with Crippen molar-refractivity contribution in [1.82, 2.24) is 4.90 Å². The fourth-order valence-corrected chi connectivity index (χ4v) is 3.78. The van der Waals surface area contributed by atoms with Gasteiger partial charge in [-0.3, -0.25) is 9.59 Å². The third-order valence-electron chi connectivity index (χ3n) is 5.42. The molecule has 1 N–H and O–H groups in total. The van der Waals surface area contributed by atoms with Crippen molar-refractivity contribution in [3.05, 3.63) is 52.5 Å². The number of ether oxygens (including phenoxy) is 1. The molecule has 1 saturated heterocycles. The zero-order chi connectivity index (χ0) is 21.7. The van der Waals surface area contributed by atoms with E-state index in [-0.39, 0.29) is 18.4 Å². The van der Waals surface area contributed by atoms with Crippen LogP contribution < -0.4 is 15.0 Å². The summed E-state index contributed by atoms with van der Waals surface area (Å²) in [6, 6.07) is 11.3. The minimum atomic E-state index is -0.244. The molecule has 1 fully saturated rings. The van der Waals surface area contributed by atoms with E-state index in [0.29, 0.717) is 36.0 Å². The summed E-state index contributed by atoms with van der Waals surface area (Å²) in [6.45, 7) is 8.64. The van der Waals surface area contributed by atoms with E-state index in [1.54, 1.807) is 6.07 Å². The average Bonchev–Trinajstić information content (AvgIpc) is 2.74. The standard InChI is InChI=1S/C23H28ClN3O3/c1-4-23(29)27-12-10-26(11-13-27)20-9-8-18(14-19(20)24)25-22(28)15-30-21-7-5-6-16(2)17(21)3/h5-9,14H,4,10-13,15H2,1-3H3,(H,25,28). The maximum absolute atomic E-state index is 12.3. The lowest BCUT2D eigenvalue weighted by Crippen LogP contribution is -2.48. The molecular formula is C23H28ClN3O3. The molecule has 1 aliphatic rings. The molecule has 1 heterocycles. The number of nitrogens with one attached hydrogen (secondary N) is 1. The van der Waals surface area contributed by atoms with E-state index in [0.717, 1.165) is 29.9 Å². The summed E-state index contributed by atoms with van der Waals surface area (Å²) in [5, 5.41) is 3.40. The first kappa shape index (κ1) is 22.0. The first-order chi connectivity index (χ1) is 14.4. The molecule has 0 saturated carbocycles. The van der Waals surface area contributed by atoms with Gasteiger partial charge in [0.1, 0.15) is 5.75 Å². The molecule has 0 unspecified atom stereocenters. The van der Waals surface area contributed by atoms with Gasteiger partial charge >= 0.3 is 0 Å². The molecule has 1 aliphatic heterocycles. The fraction of sp³-hybridized carbons (Fsp3) is 0.391. The molecular weight excluding hydrogens is 402 g/mol. The van der Waals surface area contributed by atoms with Gasteiger partial charge < -0.3 is 19.9 Å². The Hall–Kier alpha value is -2.73. The van der Waals surface area contributed by atoms with Gasteiger partial charge in [0.05, 0.1) is 10.7 Å². The van der Waals surface area contributed by atoms with Crippen molar-refractivity contribution in [2.45, 2.75) is 27.2 Å². The average molecular weight is 430 g/mol. The van der Waals surface area contributed by atoms with Gasteiger partial charge in [0.25, 0.3) is 5.91 Å². The highest BCUT2D eigenvalue weighted by atomic mass is 35.5. The summed E-state index contributed by atoms with van der Waals surface area (Å²) in [5.74, 6) is 0.646. The minimum absolute atomic E-state index is 0.0723. The summed E-state index contributed by atoms with van der Waals surface area (Å²) in [7, 11) is 0. The van der Waals surface area contributed by atoms with Crippen LogP contribution >= 0.6 is 11.6 Å². The van der Waals surface area contributed by atoms with Crippen molar-refractivity contribution >= 4 is 34.8 Å².